The van der Waals surface area contributed by atoms with Crippen molar-refractivity contribution in [2.75, 3.05) is 45.1 Å². The summed E-state index contributed by atoms with van der Waals surface area (Å²) in [6.45, 7) is 5.71. The van der Waals surface area contributed by atoms with Crippen LogP contribution in [0.15, 0.2) is 18.3 Å². The summed E-state index contributed by atoms with van der Waals surface area (Å²) in [5.41, 5.74) is 7.36. The van der Waals surface area contributed by atoms with Crippen molar-refractivity contribution >= 4 is 11.3 Å². The van der Waals surface area contributed by atoms with Crippen LogP contribution in [0.5, 0.6) is 0 Å². The minimum absolute atomic E-state index is 0.230. The van der Waals surface area contributed by atoms with E-state index >= 15 is 0 Å². The third kappa shape index (κ3) is 2.74. The fourth-order valence-corrected chi connectivity index (χ4v) is 2.57. The van der Waals surface area contributed by atoms with Gasteiger partial charge in [0.1, 0.15) is 0 Å². The van der Waals surface area contributed by atoms with Crippen LogP contribution in [0.25, 0.3) is 5.65 Å². The standard InChI is InChI=1S/C13H20N6O/c14-11-1-2-12-15-16-13(19(12)9-11)10-18-5-3-17(4-6-18)7-8-20/h1-2,9,20H,3-8,10,14H2. The Bertz CT molecular complexity index is 575. The first-order valence-corrected chi connectivity index (χ1v) is 6.91. The lowest BCUT2D eigenvalue weighted by molar-refractivity contribution is 0.106. The zero-order valence-electron chi connectivity index (χ0n) is 11.4. The van der Waals surface area contributed by atoms with Crippen molar-refractivity contribution in [3.8, 4) is 0 Å². The zero-order valence-corrected chi connectivity index (χ0v) is 11.4. The number of hydrogen-bond acceptors (Lipinski definition) is 6. The van der Waals surface area contributed by atoms with Gasteiger partial charge >= 0.3 is 0 Å². The van der Waals surface area contributed by atoms with Gasteiger partial charge in [-0.1, -0.05) is 0 Å². The minimum Gasteiger partial charge on any atom is -0.398 e. The van der Waals surface area contributed by atoms with Gasteiger partial charge in [0.2, 0.25) is 0 Å². The second-order valence-corrected chi connectivity index (χ2v) is 5.15. The molecule has 7 nitrogen and oxygen atoms in total. The number of pyridine rings is 1. The number of nitrogens with zero attached hydrogens (tertiary/aromatic N) is 5. The summed E-state index contributed by atoms with van der Waals surface area (Å²) in [6, 6.07) is 3.71. The molecule has 3 heterocycles. The number of hydrogen-bond donors (Lipinski definition) is 2. The molecule has 3 rings (SSSR count). The first-order valence-electron chi connectivity index (χ1n) is 6.91. The van der Waals surface area contributed by atoms with Crippen molar-refractivity contribution in [1.29, 1.82) is 0 Å². The molecule has 108 valence electrons. The van der Waals surface area contributed by atoms with Gasteiger partial charge in [-0.15, -0.1) is 10.2 Å². The fraction of sp³-hybridized carbons (Fsp3) is 0.538. The highest BCUT2D eigenvalue weighted by Crippen LogP contribution is 2.11. The van der Waals surface area contributed by atoms with E-state index in [1.165, 1.54) is 0 Å². The number of aliphatic hydroxyl groups is 1. The van der Waals surface area contributed by atoms with Gasteiger partial charge in [-0.05, 0) is 12.1 Å². The minimum atomic E-state index is 0.230. The molecule has 7 heteroatoms. The lowest BCUT2D eigenvalue weighted by atomic mass is 10.3. The van der Waals surface area contributed by atoms with Crippen LogP contribution in [0.3, 0.4) is 0 Å². The van der Waals surface area contributed by atoms with Crippen molar-refractivity contribution in [2.45, 2.75) is 6.54 Å². The molecule has 0 atom stereocenters. The number of rotatable bonds is 4. The van der Waals surface area contributed by atoms with Crippen molar-refractivity contribution in [3.05, 3.63) is 24.2 Å². The molecule has 0 aliphatic carbocycles. The first-order chi connectivity index (χ1) is 9.76. The van der Waals surface area contributed by atoms with Gasteiger partial charge < -0.3 is 10.8 Å². The van der Waals surface area contributed by atoms with Crippen LogP contribution in [-0.4, -0.2) is 68.8 Å². The quantitative estimate of drug-likeness (QED) is 0.777. The number of β-amino-alcohol motifs (C(OH)–C–C–N with tert-alkyl or cyclic N) is 1. The summed E-state index contributed by atoms with van der Waals surface area (Å²) >= 11 is 0. The van der Waals surface area contributed by atoms with Crippen LogP contribution in [0.2, 0.25) is 0 Å². The smallest absolute Gasteiger partial charge is 0.160 e. The first kappa shape index (κ1) is 13.3. The summed E-state index contributed by atoms with van der Waals surface area (Å²) < 4.78 is 1.95. The van der Waals surface area contributed by atoms with Crippen molar-refractivity contribution in [2.24, 2.45) is 0 Å². The largest absolute Gasteiger partial charge is 0.398 e. The van der Waals surface area contributed by atoms with E-state index in [-0.39, 0.29) is 6.61 Å². The molecule has 0 spiro atoms. The predicted molar refractivity (Wildman–Crippen MR) is 76.2 cm³/mol. The maximum atomic E-state index is 8.95. The Morgan fingerprint density at radius 2 is 1.85 bits per heavy atom. The Morgan fingerprint density at radius 1 is 1.10 bits per heavy atom. The lowest BCUT2D eigenvalue weighted by Gasteiger charge is -2.33. The zero-order chi connectivity index (χ0) is 13.9. The number of aromatic nitrogens is 3. The Kier molecular flexibility index (Phi) is 3.81. The molecule has 0 unspecified atom stereocenters. The Balaban J connectivity index is 1.67. The van der Waals surface area contributed by atoms with Crippen LogP contribution in [0.4, 0.5) is 5.69 Å². The van der Waals surface area contributed by atoms with Crippen molar-refractivity contribution in [1.82, 2.24) is 24.4 Å². The molecule has 1 aliphatic heterocycles. The van der Waals surface area contributed by atoms with E-state index in [0.29, 0.717) is 5.69 Å². The summed E-state index contributed by atoms with van der Waals surface area (Å²) in [4.78, 5) is 4.63. The second-order valence-electron chi connectivity index (χ2n) is 5.15. The number of nitrogen functional groups attached to an aromatic ring is 1. The predicted octanol–water partition coefficient (Wildman–Crippen LogP) is -0.579. The number of piperazine rings is 1. The van der Waals surface area contributed by atoms with Crippen molar-refractivity contribution < 1.29 is 5.11 Å². The van der Waals surface area contributed by atoms with Gasteiger partial charge in [0.05, 0.1) is 13.2 Å². The molecule has 0 radical (unpaired) electrons. The summed E-state index contributed by atoms with van der Waals surface area (Å²) in [5, 5.41) is 17.4. The molecule has 0 amide bonds. The molecule has 0 aromatic carbocycles. The van der Waals surface area contributed by atoms with E-state index in [1.807, 2.05) is 22.7 Å². The average molecular weight is 276 g/mol. The van der Waals surface area contributed by atoms with Gasteiger partial charge in [-0.2, -0.15) is 0 Å². The van der Waals surface area contributed by atoms with Gasteiger partial charge in [0.15, 0.2) is 11.5 Å². The third-order valence-electron chi connectivity index (χ3n) is 3.74. The Morgan fingerprint density at radius 3 is 2.60 bits per heavy atom. The van der Waals surface area contributed by atoms with Crippen LogP contribution in [0, 0.1) is 0 Å². The molecule has 1 aliphatic rings. The molecule has 1 saturated heterocycles. The highest BCUT2D eigenvalue weighted by molar-refractivity contribution is 5.47. The summed E-state index contributed by atoms with van der Waals surface area (Å²) in [6.07, 6.45) is 1.87. The SMILES string of the molecule is Nc1ccc2nnc(CN3CCN(CCO)CC3)n2c1. The molecule has 0 bridgehead atoms. The van der Waals surface area contributed by atoms with Crippen LogP contribution in [-0.2, 0) is 6.54 Å². The maximum absolute atomic E-state index is 8.95. The highest BCUT2D eigenvalue weighted by Gasteiger charge is 2.18. The van der Waals surface area contributed by atoms with Gasteiger partial charge in [0.25, 0.3) is 0 Å². The lowest BCUT2D eigenvalue weighted by Crippen LogP contribution is -2.46. The molecule has 2 aromatic rings. The number of aliphatic hydroxyl groups excluding tert-OH is 1. The number of nitrogens with two attached hydrogens (primary N) is 1. The third-order valence-corrected chi connectivity index (χ3v) is 3.74. The van der Waals surface area contributed by atoms with Crippen LogP contribution >= 0.6 is 0 Å². The highest BCUT2D eigenvalue weighted by atomic mass is 16.3. The maximum Gasteiger partial charge on any atom is 0.160 e. The van der Waals surface area contributed by atoms with Crippen LogP contribution in [0.1, 0.15) is 5.82 Å². The normalized spacial score (nSPS) is 17.9. The van der Waals surface area contributed by atoms with E-state index in [4.69, 9.17) is 10.8 Å². The van der Waals surface area contributed by atoms with Gasteiger partial charge in [-0.3, -0.25) is 14.2 Å². The Hall–Kier alpha value is -1.70. The molecule has 1 fully saturated rings. The average Bonchev–Trinajstić information content (AvgIpc) is 2.84. The molecule has 20 heavy (non-hydrogen) atoms. The monoisotopic (exact) mass is 276 g/mol. The van der Waals surface area contributed by atoms with E-state index in [1.54, 1.807) is 0 Å². The van der Waals surface area contributed by atoms with E-state index in [2.05, 4.69) is 20.0 Å². The van der Waals surface area contributed by atoms with Crippen LogP contribution < -0.4 is 5.73 Å². The summed E-state index contributed by atoms with van der Waals surface area (Å²) in [7, 11) is 0. The topological polar surface area (TPSA) is 82.9 Å². The van der Waals surface area contributed by atoms with Crippen molar-refractivity contribution in [3.63, 3.8) is 0 Å². The van der Waals surface area contributed by atoms with E-state index < -0.39 is 0 Å². The van der Waals surface area contributed by atoms with Gasteiger partial charge in [-0.25, -0.2) is 0 Å². The molecule has 0 saturated carbocycles. The van der Waals surface area contributed by atoms with E-state index in [0.717, 1.165) is 50.7 Å². The molecular formula is C13H20N6O. The Labute approximate surface area is 117 Å². The van der Waals surface area contributed by atoms with Gasteiger partial charge in [0, 0.05) is 44.6 Å². The number of anilines is 1. The summed E-state index contributed by atoms with van der Waals surface area (Å²) in [5.74, 6) is 0.919. The molecule has 2 aromatic heterocycles. The molecule has 3 N–H and O–H groups in total. The number of fused-ring (bicyclic) bond motifs is 1. The fourth-order valence-electron chi connectivity index (χ4n) is 2.57. The van der Waals surface area contributed by atoms with E-state index in [9.17, 15) is 0 Å². The molecular weight excluding hydrogens is 256 g/mol. The second kappa shape index (κ2) is 5.74.